The molecule has 0 heterocycles. The maximum atomic E-state index is 13.9. The van der Waals surface area contributed by atoms with E-state index >= 15 is 0 Å². The van der Waals surface area contributed by atoms with Crippen LogP contribution in [0.15, 0.2) is 0 Å². The van der Waals surface area contributed by atoms with Gasteiger partial charge in [0.25, 0.3) is 5.91 Å². The number of alkyl halides is 1. The summed E-state index contributed by atoms with van der Waals surface area (Å²) in [7, 11) is 0. The van der Waals surface area contributed by atoms with Crippen LogP contribution in [-0.4, -0.2) is 11.6 Å². The SMILES string of the molecule is CC1(C)CC#CC[C@@](F)(C(N)=O)C1.CCC. The monoisotopic (exact) mass is 227 g/mol. The van der Waals surface area contributed by atoms with E-state index in [1.807, 2.05) is 13.8 Å². The van der Waals surface area contributed by atoms with E-state index in [2.05, 4.69) is 25.7 Å². The molecule has 1 atom stereocenters. The van der Waals surface area contributed by atoms with Gasteiger partial charge in [-0.15, -0.1) is 5.92 Å². The van der Waals surface area contributed by atoms with Gasteiger partial charge in [-0.05, 0) is 11.8 Å². The van der Waals surface area contributed by atoms with Gasteiger partial charge in [-0.2, -0.15) is 0 Å². The summed E-state index contributed by atoms with van der Waals surface area (Å²) >= 11 is 0. The second-order valence-electron chi connectivity index (χ2n) is 5.08. The molecule has 1 aliphatic rings. The molecular weight excluding hydrogens is 205 g/mol. The average Bonchev–Trinajstić information content (AvgIpc) is 2.26. The maximum Gasteiger partial charge on any atom is 0.256 e. The molecule has 1 amide bonds. The van der Waals surface area contributed by atoms with Gasteiger partial charge in [-0.3, -0.25) is 4.79 Å². The third-order valence-corrected chi connectivity index (χ3v) is 2.26. The predicted molar refractivity (Wildman–Crippen MR) is 64.4 cm³/mol. The van der Waals surface area contributed by atoms with E-state index in [1.54, 1.807) is 0 Å². The molecule has 0 spiro atoms. The van der Waals surface area contributed by atoms with E-state index in [4.69, 9.17) is 5.73 Å². The van der Waals surface area contributed by atoms with Gasteiger partial charge in [-0.1, -0.05) is 40.0 Å². The maximum absolute atomic E-state index is 13.9. The second kappa shape index (κ2) is 5.89. The van der Waals surface area contributed by atoms with Crippen molar-refractivity contribution < 1.29 is 9.18 Å². The Morgan fingerprint density at radius 1 is 1.31 bits per heavy atom. The van der Waals surface area contributed by atoms with E-state index in [0.717, 1.165) is 0 Å². The van der Waals surface area contributed by atoms with E-state index in [9.17, 15) is 9.18 Å². The summed E-state index contributed by atoms with van der Waals surface area (Å²) in [4.78, 5) is 10.9. The number of carbonyl (C=O) groups is 1. The predicted octanol–water partition coefficient (Wildman–Crippen LogP) is 2.81. The molecule has 92 valence electrons. The van der Waals surface area contributed by atoms with Crippen molar-refractivity contribution in [2.24, 2.45) is 11.1 Å². The lowest BCUT2D eigenvalue weighted by Gasteiger charge is -2.28. The number of halogens is 1. The van der Waals surface area contributed by atoms with Gasteiger partial charge in [0, 0.05) is 6.42 Å². The van der Waals surface area contributed by atoms with E-state index in [1.165, 1.54) is 6.42 Å². The third kappa shape index (κ3) is 4.65. The summed E-state index contributed by atoms with van der Waals surface area (Å²) < 4.78 is 13.9. The van der Waals surface area contributed by atoms with Gasteiger partial charge in [0.2, 0.25) is 0 Å². The van der Waals surface area contributed by atoms with Crippen molar-refractivity contribution in [1.29, 1.82) is 0 Å². The van der Waals surface area contributed by atoms with Crippen LogP contribution in [0.5, 0.6) is 0 Å². The highest BCUT2D eigenvalue weighted by Crippen LogP contribution is 2.36. The van der Waals surface area contributed by atoms with Crippen LogP contribution in [0.3, 0.4) is 0 Å². The molecule has 0 aromatic rings. The lowest BCUT2D eigenvalue weighted by atomic mass is 9.79. The number of nitrogens with two attached hydrogens (primary N) is 1. The molecular formula is C13H22FNO. The van der Waals surface area contributed by atoms with Crippen molar-refractivity contribution in [1.82, 2.24) is 0 Å². The van der Waals surface area contributed by atoms with Crippen molar-refractivity contribution in [2.75, 3.05) is 0 Å². The minimum atomic E-state index is -1.94. The van der Waals surface area contributed by atoms with E-state index in [-0.39, 0.29) is 18.3 Å². The van der Waals surface area contributed by atoms with Crippen molar-refractivity contribution in [2.45, 2.75) is 59.0 Å². The third-order valence-electron chi connectivity index (χ3n) is 2.26. The summed E-state index contributed by atoms with van der Waals surface area (Å²) in [5.41, 5.74) is 2.80. The smallest absolute Gasteiger partial charge is 0.256 e. The van der Waals surface area contributed by atoms with Crippen LogP contribution in [0.4, 0.5) is 4.39 Å². The Kier molecular flexibility index (Phi) is 5.50. The molecule has 0 aromatic carbocycles. The molecule has 0 aromatic heterocycles. The van der Waals surface area contributed by atoms with Gasteiger partial charge in [0.05, 0.1) is 6.42 Å². The lowest BCUT2D eigenvalue weighted by molar-refractivity contribution is -0.131. The Balaban J connectivity index is 0.000000673. The van der Waals surface area contributed by atoms with Gasteiger partial charge >= 0.3 is 0 Å². The molecule has 0 fully saturated rings. The first-order chi connectivity index (χ1) is 7.27. The Bertz CT molecular complexity index is 301. The van der Waals surface area contributed by atoms with Crippen LogP contribution in [0.25, 0.3) is 0 Å². The molecule has 0 unspecified atom stereocenters. The summed E-state index contributed by atoms with van der Waals surface area (Å²) in [5, 5.41) is 0. The fraction of sp³-hybridized carbons (Fsp3) is 0.769. The highest BCUT2D eigenvalue weighted by Gasteiger charge is 2.42. The number of carbonyl (C=O) groups excluding carboxylic acids is 1. The topological polar surface area (TPSA) is 43.1 Å². The summed E-state index contributed by atoms with van der Waals surface area (Å²) in [5.74, 6) is 4.61. The van der Waals surface area contributed by atoms with Crippen molar-refractivity contribution in [3.63, 3.8) is 0 Å². The lowest BCUT2D eigenvalue weighted by Crippen LogP contribution is -2.42. The zero-order chi connectivity index (χ0) is 12.8. The molecule has 0 saturated carbocycles. The zero-order valence-electron chi connectivity index (χ0n) is 10.7. The second-order valence-corrected chi connectivity index (χ2v) is 5.08. The molecule has 2 N–H and O–H groups in total. The molecule has 1 rings (SSSR count). The fourth-order valence-corrected chi connectivity index (χ4v) is 1.56. The van der Waals surface area contributed by atoms with Crippen molar-refractivity contribution in [3.05, 3.63) is 0 Å². The minimum absolute atomic E-state index is 0.0637. The standard InChI is InChI=1S/C10H14FNO.C3H8/c1-9(2)5-3-4-6-10(11,7-9)8(12)13;1-3-2/h5-7H2,1-2H3,(H2,12,13);3H2,1-2H3/t10-;/m0./s1. The van der Waals surface area contributed by atoms with E-state index in [0.29, 0.717) is 6.42 Å². The normalized spacial score (nSPS) is 26.6. The zero-order valence-corrected chi connectivity index (χ0v) is 10.7. The number of amides is 1. The van der Waals surface area contributed by atoms with Crippen LogP contribution in [0.1, 0.15) is 53.4 Å². The largest absolute Gasteiger partial charge is 0.367 e. The van der Waals surface area contributed by atoms with Crippen LogP contribution in [0, 0.1) is 17.3 Å². The average molecular weight is 227 g/mol. The van der Waals surface area contributed by atoms with Crippen LogP contribution in [0.2, 0.25) is 0 Å². The first kappa shape index (κ1) is 15.0. The Morgan fingerprint density at radius 2 is 1.75 bits per heavy atom. The minimum Gasteiger partial charge on any atom is -0.367 e. The number of rotatable bonds is 1. The number of hydrogen-bond donors (Lipinski definition) is 1. The Hall–Kier alpha value is -1.04. The molecule has 16 heavy (non-hydrogen) atoms. The van der Waals surface area contributed by atoms with Crippen molar-refractivity contribution >= 4 is 5.91 Å². The molecule has 1 aliphatic carbocycles. The first-order valence-corrected chi connectivity index (χ1v) is 5.72. The Morgan fingerprint density at radius 3 is 2.19 bits per heavy atom. The molecule has 2 nitrogen and oxygen atoms in total. The Labute approximate surface area is 97.8 Å². The molecule has 0 bridgehead atoms. The summed E-state index contributed by atoms with van der Waals surface area (Å²) in [6.07, 6.45) is 1.95. The van der Waals surface area contributed by atoms with Gasteiger partial charge < -0.3 is 5.73 Å². The highest BCUT2D eigenvalue weighted by atomic mass is 19.1. The van der Waals surface area contributed by atoms with Crippen LogP contribution >= 0.6 is 0 Å². The molecule has 0 saturated heterocycles. The van der Waals surface area contributed by atoms with Gasteiger partial charge in [0.1, 0.15) is 0 Å². The molecule has 0 radical (unpaired) electrons. The van der Waals surface area contributed by atoms with Crippen LogP contribution in [-0.2, 0) is 4.79 Å². The first-order valence-electron chi connectivity index (χ1n) is 5.72. The van der Waals surface area contributed by atoms with E-state index < -0.39 is 11.6 Å². The summed E-state index contributed by atoms with van der Waals surface area (Å²) in [6.45, 7) is 8.04. The summed E-state index contributed by atoms with van der Waals surface area (Å²) in [6, 6.07) is 0. The van der Waals surface area contributed by atoms with Gasteiger partial charge in [0.15, 0.2) is 5.67 Å². The quantitative estimate of drug-likeness (QED) is 0.688. The number of hydrogen-bond acceptors (Lipinski definition) is 1. The molecule has 3 heteroatoms. The molecule has 0 aliphatic heterocycles. The van der Waals surface area contributed by atoms with Crippen LogP contribution < -0.4 is 5.73 Å². The van der Waals surface area contributed by atoms with Gasteiger partial charge in [-0.25, -0.2) is 4.39 Å². The number of primary amides is 1. The van der Waals surface area contributed by atoms with Crippen molar-refractivity contribution in [3.8, 4) is 11.8 Å². The fourth-order valence-electron chi connectivity index (χ4n) is 1.56. The highest BCUT2D eigenvalue weighted by molar-refractivity contribution is 5.83.